The van der Waals surface area contributed by atoms with E-state index in [2.05, 4.69) is 9.00 Å². The average molecular weight is 148 g/mol. The second-order valence-corrected chi connectivity index (χ2v) is 2.14. The molecule has 0 N–H and O–H groups in total. The maximum Gasteiger partial charge on any atom is 0.994 e. The zero-order valence-corrected chi connectivity index (χ0v) is 5.73. The first kappa shape index (κ1) is 7.24. The molecule has 0 aliphatic carbocycles. The molecule has 0 aromatic carbocycles. The Hall–Kier alpha value is -0.865. The molecule has 0 atom stereocenters. The monoisotopic (exact) mass is 148 g/mol. The van der Waals surface area contributed by atoms with Crippen molar-refractivity contribution in [3.8, 4) is 0 Å². The zero-order chi connectivity index (χ0) is 7.78. The third-order valence-corrected chi connectivity index (χ3v) is 1.05. The van der Waals surface area contributed by atoms with E-state index in [0.29, 0.717) is 0 Å². The molecule has 56 valence electrons. The molecule has 0 saturated carbocycles. The van der Waals surface area contributed by atoms with Crippen LogP contribution >= 0.6 is 0 Å². The fourth-order valence-electron chi connectivity index (χ4n) is 0.811. The predicted molar refractivity (Wildman–Crippen MR) is 33.5 cm³/mol. The van der Waals surface area contributed by atoms with Gasteiger partial charge >= 0.3 is 7.11 Å². The molecular weight excluding hydrogens is 141 g/mol. The van der Waals surface area contributed by atoms with Gasteiger partial charge in [-0.1, -0.05) is 0 Å². The number of carbonyl (C=O) groups excluding carboxylic acids is 1. The first-order chi connectivity index (χ1) is 4.49. The number of rotatable bonds is 0. The molecule has 1 aliphatic rings. The molecule has 0 aromatic heterocycles. The number of ketones is 1. The van der Waals surface area contributed by atoms with Crippen molar-refractivity contribution >= 4 is 12.9 Å². The van der Waals surface area contributed by atoms with Gasteiger partial charge < -0.3 is 17.6 Å². The summed E-state index contributed by atoms with van der Waals surface area (Å²) < 4.78 is 32.7. The first-order valence-electron chi connectivity index (χ1n) is 2.89. The summed E-state index contributed by atoms with van der Waals surface area (Å²) in [4.78, 5) is 0. The van der Waals surface area contributed by atoms with E-state index in [1.807, 2.05) is 0 Å². The Bertz CT molecular complexity index is 210. The standard InChI is InChI=1S/C5H7BF2O2/c1-4-3-5(2)10-6(7,8)9-4/h3H,1-2H3. The smallest absolute Gasteiger partial charge is 0.572 e. The van der Waals surface area contributed by atoms with Gasteiger partial charge in [-0.2, -0.15) is 0 Å². The quantitative estimate of drug-likeness (QED) is 0.375. The third kappa shape index (κ3) is 1.56. The van der Waals surface area contributed by atoms with Crippen molar-refractivity contribution in [2.75, 3.05) is 0 Å². The number of halogens is 2. The summed E-state index contributed by atoms with van der Waals surface area (Å²) in [5.41, 5.74) is 0. The lowest BCUT2D eigenvalue weighted by Crippen LogP contribution is -2.33. The average Bonchev–Trinajstić information content (AvgIpc) is 1.54. The fourth-order valence-corrected chi connectivity index (χ4v) is 0.811. The molecule has 0 aromatic rings. The van der Waals surface area contributed by atoms with Gasteiger partial charge in [0.05, 0.1) is 11.8 Å². The van der Waals surface area contributed by atoms with E-state index in [4.69, 9.17) is 0 Å². The van der Waals surface area contributed by atoms with Gasteiger partial charge in [-0.3, -0.25) is 0 Å². The van der Waals surface area contributed by atoms with Crippen LogP contribution in [0.15, 0.2) is 11.8 Å². The van der Waals surface area contributed by atoms with Gasteiger partial charge in [0.15, 0.2) is 0 Å². The van der Waals surface area contributed by atoms with Crippen LogP contribution in [0.2, 0.25) is 0 Å². The van der Waals surface area contributed by atoms with Crippen LogP contribution in [0.4, 0.5) is 8.63 Å². The lowest BCUT2D eigenvalue weighted by Gasteiger charge is -2.15. The van der Waals surface area contributed by atoms with Crippen LogP contribution in [0.1, 0.15) is 13.8 Å². The molecule has 0 radical (unpaired) electrons. The van der Waals surface area contributed by atoms with Gasteiger partial charge in [-0.05, 0) is 6.92 Å². The molecule has 0 amide bonds. The van der Waals surface area contributed by atoms with Gasteiger partial charge in [0, 0.05) is 6.92 Å². The van der Waals surface area contributed by atoms with Crippen molar-refractivity contribution < 1.29 is 17.6 Å². The third-order valence-electron chi connectivity index (χ3n) is 1.05. The Morgan fingerprint density at radius 2 is 2.10 bits per heavy atom. The summed E-state index contributed by atoms with van der Waals surface area (Å²) in [5, 5.41) is 0. The second kappa shape index (κ2) is 2.07. The lowest BCUT2D eigenvalue weighted by atomic mass is 10.1. The minimum absolute atomic E-state index is 0.189. The number of hydrogen-bond donors (Lipinski definition) is 0. The normalized spacial score (nSPS) is 22.8. The van der Waals surface area contributed by atoms with Crippen molar-refractivity contribution in [3.05, 3.63) is 11.8 Å². The van der Waals surface area contributed by atoms with Gasteiger partial charge in [0.2, 0.25) is 0 Å². The van der Waals surface area contributed by atoms with Gasteiger partial charge in [-0.25, -0.2) is 0 Å². The van der Waals surface area contributed by atoms with Gasteiger partial charge in [0.25, 0.3) is 5.78 Å². The largest absolute Gasteiger partial charge is 0.994 e. The molecule has 10 heavy (non-hydrogen) atoms. The number of hydrogen-bond acceptors (Lipinski definition) is 1. The van der Waals surface area contributed by atoms with E-state index in [9.17, 15) is 8.63 Å². The zero-order valence-electron chi connectivity index (χ0n) is 5.73. The van der Waals surface area contributed by atoms with Crippen LogP contribution in [0.25, 0.3) is 0 Å². The van der Waals surface area contributed by atoms with Crippen LogP contribution in [0.5, 0.6) is 0 Å². The molecule has 2 nitrogen and oxygen atoms in total. The Balaban J connectivity index is 2.88. The summed E-state index contributed by atoms with van der Waals surface area (Å²) in [5.74, 6) is 0.377. The molecule has 1 heterocycles. The molecule has 1 rings (SSSR count). The van der Waals surface area contributed by atoms with Gasteiger partial charge in [0.1, 0.15) is 0 Å². The van der Waals surface area contributed by atoms with Crippen molar-refractivity contribution in [1.82, 2.24) is 0 Å². The molecule has 0 bridgehead atoms. The molecule has 0 spiro atoms. The summed E-state index contributed by atoms with van der Waals surface area (Å²) in [7, 11) is -4.09. The minimum Gasteiger partial charge on any atom is -0.572 e. The highest BCUT2D eigenvalue weighted by atomic mass is 19.3. The Kier molecular flexibility index (Phi) is 1.50. The lowest BCUT2D eigenvalue weighted by molar-refractivity contribution is -0.364. The van der Waals surface area contributed by atoms with E-state index < -0.39 is 7.11 Å². The summed E-state index contributed by atoms with van der Waals surface area (Å²) in [6, 6.07) is 0. The van der Waals surface area contributed by atoms with E-state index in [1.54, 1.807) is 0 Å². The van der Waals surface area contributed by atoms with Gasteiger partial charge in [-0.15, -0.1) is 0 Å². The van der Waals surface area contributed by atoms with Crippen LogP contribution in [-0.4, -0.2) is 12.9 Å². The summed E-state index contributed by atoms with van der Waals surface area (Å²) in [6.45, 7) is 2.92. The highest BCUT2D eigenvalue weighted by Gasteiger charge is 2.51. The SMILES string of the molecule is CC1=CC(C)=[O+][B-](F)(F)O1. The second-order valence-electron chi connectivity index (χ2n) is 2.14. The topological polar surface area (TPSA) is 20.5 Å². The maximum absolute atomic E-state index is 12.3. The fraction of sp³-hybridized carbons (Fsp3) is 0.400. The maximum atomic E-state index is 12.3. The van der Waals surface area contributed by atoms with Crippen molar-refractivity contribution in [2.45, 2.75) is 13.8 Å². The molecule has 1 aliphatic heterocycles. The van der Waals surface area contributed by atoms with Crippen molar-refractivity contribution in [2.24, 2.45) is 0 Å². The predicted octanol–water partition coefficient (Wildman–Crippen LogP) is 1.42. The highest BCUT2D eigenvalue weighted by molar-refractivity contribution is 6.50. The van der Waals surface area contributed by atoms with E-state index in [0.717, 1.165) is 0 Å². The molecule has 0 unspecified atom stereocenters. The van der Waals surface area contributed by atoms with Crippen LogP contribution in [0.3, 0.4) is 0 Å². The van der Waals surface area contributed by atoms with Crippen molar-refractivity contribution in [3.63, 3.8) is 0 Å². The first-order valence-corrected chi connectivity index (χ1v) is 2.89. The molecule has 0 saturated heterocycles. The van der Waals surface area contributed by atoms with Crippen LogP contribution in [-0.2, 0) is 9.00 Å². The minimum atomic E-state index is -4.09. The van der Waals surface area contributed by atoms with Crippen LogP contribution < -0.4 is 0 Å². The van der Waals surface area contributed by atoms with E-state index in [1.165, 1.54) is 19.9 Å². The molecule has 0 fully saturated rings. The molecular formula is C5H7BF2O2. The number of allylic oxidation sites excluding steroid dienone is 2. The molecule has 5 heteroatoms. The van der Waals surface area contributed by atoms with E-state index in [-0.39, 0.29) is 11.5 Å². The Labute approximate surface area is 57.3 Å². The Morgan fingerprint density at radius 3 is 2.50 bits per heavy atom. The Morgan fingerprint density at radius 1 is 1.50 bits per heavy atom. The van der Waals surface area contributed by atoms with Crippen molar-refractivity contribution in [1.29, 1.82) is 0 Å². The summed E-state index contributed by atoms with van der Waals surface area (Å²) >= 11 is 0. The highest BCUT2D eigenvalue weighted by Crippen LogP contribution is 2.16. The van der Waals surface area contributed by atoms with E-state index >= 15 is 0 Å². The van der Waals surface area contributed by atoms with Crippen LogP contribution in [0, 0.1) is 0 Å². The summed E-state index contributed by atoms with van der Waals surface area (Å²) in [6.07, 6.45) is 1.42.